The maximum atomic E-state index is 11.1. The minimum Gasteiger partial charge on any atom is -0.478 e. The van der Waals surface area contributed by atoms with Crippen LogP contribution in [0.5, 0.6) is 0 Å². The summed E-state index contributed by atoms with van der Waals surface area (Å²) in [5.74, 6) is -0.830. The van der Waals surface area contributed by atoms with Crippen LogP contribution in [0.2, 0.25) is 0 Å². The van der Waals surface area contributed by atoms with Gasteiger partial charge in [0.05, 0.1) is 0 Å². The van der Waals surface area contributed by atoms with Gasteiger partial charge >= 0.3 is 5.97 Å². The lowest BCUT2D eigenvalue weighted by molar-refractivity contribution is -0.133. The number of carbonyl (C=O) groups is 1. The largest absolute Gasteiger partial charge is 0.478 e. The highest BCUT2D eigenvalue weighted by Gasteiger charge is 2.22. The lowest BCUT2D eigenvalue weighted by atomic mass is 9.85. The molecule has 0 amide bonds. The molecule has 0 saturated heterocycles. The van der Waals surface area contributed by atoms with Gasteiger partial charge in [0.15, 0.2) is 0 Å². The van der Waals surface area contributed by atoms with E-state index in [1.54, 1.807) is 6.08 Å². The Bertz CT molecular complexity index is 383. The molecule has 0 aromatic heterocycles. The van der Waals surface area contributed by atoms with Crippen molar-refractivity contribution < 1.29 is 9.90 Å². The van der Waals surface area contributed by atoms with E-state index in [2.05, 4.69) is 0 Å². The van der Waals surface area contributed by atoms with Crippen molar-refractivity contribution in [3.05, 3.63) is 47.5 Å². The Labute approximate surface area is 96.6 Å². The number of benzene rings is 1. The molecule has 0 aliphatic carbocycles. The third-order valence-corrected chi connectivity index (χ3v) is 2.42. The molecule has 0 radical (unpaired) electrons. The molecule has 0 atom stereocenters. The molecule has 0 heterocycles. The predicted octanol–water partition coefficient (Wildman–Crippen LogP) is 3.29. The molecule has 0 fully saturated rings. The van der Waals surface area contributed by atoms with Crippen molar-refractivity contribution in [2.75, 3.05) is 0 Å². The van der Waals surface area contributed by atoms with Crippen LogP contribution >= 0.6 is 0 Å². The molecule has 2 heteroatoms. The van der Waals surface area contributed by atoms with Crippen molar-refractivity contribution in [1.29, 1.82) is 0 Å². The van der Waals surface area contributed by atoms with Gasteiger partial charge in [-0.15, -0.1) is 0 Å². The van der Waals surface area contributed by atoms with E-state index in [9.17, 15) is 4.79 Å². The maximum Gasteiger partial charge on any atom is 0.331 e. The van der Waals surface area contributed by atoms with Crippen molar-refractivity contribution in [1.82, 2.24) is 0 Å². The van der Waals surface area contributed by atoms with E-state index in [-0.39, 0.29) is 5.41 Å². The second-order valence-corrected chi connectivity index (χ2v) is 4.86. The zero-order valence-corrected chi connectivity index (χ0v) is 10.0. The van der Waals surface area contributed by atoms with Crippen molar-refractivity contribution in [3.8, 4) is 0 Å². The third-order valence-electron chi connectivity index (χ3n) is 2.42. The number of carboxylic acids is 1. The zero-order chi connectivity index (χ0) is 12.2. The monoisotopic (exact) mass is 218 g/mol. The van der Waals surface area contributed by atoms with Crippen LogP contribution in [-0.2, 0) is 11.2 Å². The number of hydrogen-bond donors (Lipinski definition) is 1. The summed E-state index contributed by atoms with van der Waals surface area (Å²) in [6, 6.07) is 9.87. The molecule has 0 aliphatic rings. The Hall–Kier alpha value is -1.57. The molecule has 2 nitrogen and oxygen atoms in total. The van der Waals surface area contributed by atoms with Gasteiger partial charge in [-0.3, -0.25) is 0 Å². The van der Waals surface area contributed by atoms with Crippen molar-refractivity contribution in [3.63, 3.8) is 0 Å². The second-order valence-electron chi connectivity index (χ2n) is 4.86. The summed E-state index contributed by atoms with van der Waals surface area (Å²) in [4.78, 5) is 11.1. The quantitative estimate of drug-likeness (QED) is 0.790. The third kappa shape index (κ3) is 3.54. The van der Waals surface area contributed by atoms with Gasteiger partial charge in [-0.05, 0) is 17.4 Å². The standard InChI is InChI=1S/C14H18O2/c1-14(2,3)12(13(15)16)10-9-11-7-5-4-6-8-11/h4-8,10H,9H2,1-3H3,(H,15,16)/b12-10+. The van der Waals surface area contributed by atoms with Crippen molar-refractivity contribution in [2.24, 2.45) is 5.41 Å². The summed E-state index contributed by atoms with van der Waals surface area (Å²) in [5, 5.41) is 9.12. The van der Waals surface area contributed by atoms with E-state index in [1.165, 1.54) is 0 Å². The van der Waals surface area contributed by atoms with Gasteiger partial charge in [0, 0.05) is 5.57 Å². The molecule has 0 saturated carbocycles. The Balaban J connectivity index is 2.86. The van der Waals surface area contributed by atoms with Gasteiger partial charge in [0.2, 0.25) is 0 Å². The summed E-state index contributed by atoms with van der Waals surface area (Å²) in [6.45, 7) is 5.74. The molecule has 0 bridgehead atoms. The normalized spacial score (nSPS) is 12.6. The fraction of sp³-hybridized carbons (Fsp3) is 0.357. The maximum absolute atomic E-state index is 11.1. The Morgan fingerprint density at radius 2 is 1.81 bits per heavy atom. The van der Waals surface area contributed by atoms with Gasteiger partial charge in [0.1, 0.15) is 0 Å². The number of hydrogen-bond acceptors (Lipinski definition) is 1. The van der Waals surface area contributed by atoms with Crippen LogP contribution in [0.15, 0.2) is 42.0 Å². The molecule has 1 N–H and O–H groups in total. The first-order chi connectivity index (χ1) is 7.41. The molecule has 1 aromatic carbocycles. The summed E-state index contributed by atoms with van der Waals surface area (Å²) in [6.07, 6.45) is 2.47. The number of rotatable bonds is 3. The van der Waals surface area contributed by atoms with Crippen LogP contribution in [0.4, 0.5) is 0 Å². The molecule has 0 unspecified atom stereocenters. The van der Waals surface area contributed by atoms with Crippen molar-refractivity contribution >= 4 is 5.97 Å². The van der Waals surface area contributed by atoms with Crippen LogP contribution in [0.3, 0.4) is 0 Å². The van der Waals surface area contributed by atoms with Gasteiger partial charge in [-0.2, -0.15) is 0 Å². The van der Waals surface area contributed by atoms with E-state index in [4.69, 9.17) is 5.11 Å². The van der Waals surface area contributed by atoms with E-state index in [0.717, 1.165) is 5.56 Å². The molecule has 86 valence electrons. The average molecular weight is 218 g/mol. The van der Waals surface area contributed by atoms with E-state index in [1.807, 2.05) is 51.1 Å². The summed E-state index contributed by atoms with van der Waals surface area (Å²) < 4.78 is 0. The molecular formula is C14H18O2. The highest BCUT2D eigenvalue weighted by atomic mass is 16.4. The highest BCUT2D eigenvalue weighted by molar-refractivity contribution is 5.87. The van der Waals surface area contributed by atoms with Gasteiger partial charge in [0.25, 0.3) is 0 Å². The van der Waals surface area contributed by atoms with E-state index >= 15 is 0 Å². The molecule has 1 rings (SSSR count). The van der Waals surface area contributed by atoms with Crippen LogP contribution in [0.1, 0.15) is 26.3 Å². The molecular weight excluding hydrogens is 200 g/mol. The summed E-state index contributed by atoms with van der Waals surface area (Å²) >= 11 is 0. The molecule has 0 aliphatic heterocycles. The fourth-order valence-electron chi connectivity index (χ4n) is 1.55. The lowest BCUT2D eigenvalue weighted by Crippen LogP contribution is -2.17. The Morgan fingerprint density at radius 3 is 2.25 bits per heavy atom. The summed E-state index contributed by atoms with van der Waals surface area (Å²) in [7, 11) is 0. The van der Waals surface area contributed by atoms with E-state index in [0.29, 0.717) is 12.0 Å². The first-order valence-electron chi connectivity index (χ1n) is 5.39. The number of carboxylic acid groups (broad SMARTS) is 1. The molecule has 0 spiro atoms. The summed E-state index contributed by atoms with van der Waals surface area (Å²) in [5.41, 5.74) is 1.28. The first-order valence-corrected chi connectivity index (χ1v) is 5.39. The van der Waals surface area contributed by atoms with Crippen molar-refractivity contribution in [2.45, 2.75) is 27.2 Å². The minimum absolute atomic E-state index is 0.319. The number of aliphatic carboxylic acids is 1. The van der Waals surface area contributed by atoms with E-state index < -0.39 is 5.97 Å². The first kappa shape index (κ1) is 12.5. The SMILES string of the molecule is CC(C)(C)/C(=C/Cc1ccccc1)C(=O)O. The van der Waals surface area contributed by atoms with Crippen LogP contribution in [0.25, 0.3) is 0 Å². The second kappa shape index (κ2) is 4.97. The molecule has 1 aromatic rings. The Kier molecular flexibility index (Phi) is 3.88. The smallest absolute Gasteiger partial charge is 0.331 e. The van der Waals surface area contributed by atoms with Gasteiger partial charge < -0.3 is 5.11 Å². The number of allylic oxidation sites excluding steroid dienone is 1. The minimum atomic E-state index is -0.830. The highest BCUT2D eigenvalue weighted by Crippen LogP contribution is 2.25. The topological polar surface area (TPSA) is 37.3 Å². The van der Waals surface area contributed by atoms with Gasteiger partial charge in [-0.1, -0.05) is 57.2 Å². The van der Waals surface area contributed by atoms with Crippen LogP contribution in [-0.4, -0.2) is 11.1 Å². The van der Waals surface area contributed by atoms with Crippen LogP contribution < -0.4 is 0 Å². The molecule has 16 heavy (non-hydrogen) atoms. The Morgan fingerprint density at radius 1 is 1.25 bits per heavy atom. The predicted molar refractivity (Wildman–Crippen MR) is 65.3 cm³/mol. The van der Waals surface area contributed by atoms with Gasteiger partial charge in [-0.25, -0.2) is 4.79 Å². The zero-order valence-electron chi connectivity index (χ0n) is 10.0. The van der Waals surface area contributed by atoms with Crippen LogP contribution in [0, 0.1) is 5.41 Å². The average Bonchev–Trinajstić information content (AvgIpc) is 2.17. The lowest BCUT2D eigenvalue weighted by Gasteiger charge is -2.19. The fourth-order valence-corrected chi connectivity index (χ4v) is 1.55.